The van der Waals surface area contributed by atoms with Crippen molar-refractivity contribution < 1.29 is 33.3 Å². The monoisotopic (exact) mass is 655 g/mol. The fourth-order valence-corrected chi connectivity index (χ4v) is 7.55. The summed E-state index contributed by atoms with van der Waals surface area (Å²) in [6.07, 6.45) is 1.41. The maximum absolute atomic E-state index is 15.8. The summed E-state index contributed by atoms with van der Waals surface area (Å²) in [6.45, 7) is 3.52. The van der Waals surface area contributed by atoms with Gasteiger partial charge in [0.15, 0.2) is 6.73 Å². The van der Waals surface area contributed by atoms with Crippen LogP contribution < -0.4 is 14.5 Å². The third-order valence-electron chi connectivity index (χ3n) is 9.41. The van der Waals surface area contributed by atoms with Crippen molar-refractivity contribution in [3.63, 3.8) is 0 Å². The van der Waals surface area contributed by atoms with E-state index in [1.54, 1.807) is 30.3 Å². The molecular weight excluding hydrogens is 624 g/mol. The fourth-order valence-electron chi connectivity index (χ4n) is 6.91. The van der Waals surface area contributed by atoms with E-state index in [4.69, 9.17) is 37.4 Å². The molecule has 0 aromatic heterocycles. The summed E-state index contributed by atoms with van der Waals surface area (Å²) in [5, 5.41) is 10.3. The molecule has 3 aromatic rings. The molecule has 3 aromatic carbocycles. The van der Waals surface area contributed by atoms with E-state index >= 15 is 4.39 Å². The molecule has 1 N–H and O–H groups in total. The Morgan fingerprint density at radius 3 is 2.40 bits per heavy atom. The van der Waals surface area contributed by atoms with Crippen molar-refractivity contribution in [2.45, 2.75) is 50.5 Å². The molecule has 9 nitrogen and oxygen atoms in total. The number of nitrogens with zero attached hydrogens (tertiary/aromatic N) is 3. The predicted molar refractivity (Wildman–Crippen MR) is 168 cm³/mol. The number of hydrogen-bond acceptors (Lipinski definition) is 8. The second-order valence-corrected chi connectivity index (χ2v) is 12.8. The van der Waals surface area contributed by atoms with E-state index in [2.05, 4.69) is 4.90 Å². The molecule has 2 bridgehead atoms. The lowest BCUT2D eigenvalue weighted by molar-refractivity contribution is 0.0515. The zero-order chi connectivity index (χ0) is 31.6. The minimum absolute atomic E-state index is 0.0820. The molecular formula is C33H32Cl2FN3O6. The zero-order valence-electron chi connectivity index (χ0n) is 24.8. The van der Waals surface area contributed by atoms with Crippen LogP contribution in [0.5, 0.6) is 5.75 Å². The Morgan fingerprint density at radius 1 is 1.04 bits per heavy atom. The highest BCUT2D eigenvalue weighted by molar-refractivity contribution is 6.40. The number of carbonyl (C=O) groups is 2. The third kappa shape index (κ3) is 5.08. The van der Waals surface area contributed by atoms with Gasteiger partial charge in [0.1, 0.15) is 11.6 Å². The Bertz CT molecular complexity index is 1670. The first-order chi connectivity index (χ1) is 21.7. The molecule has 2 unspecified atom stereocenters. The summed E-state index contributed by atoms with van der Waals surface area (Å²) in [7, 11) is 1.28. The average Bonchev–Trinajstić information content (AvgIpc) is 3.28. The van der Waals surface area contributed by atoms with Gasteiger partial charge in [0.2, 0.25) is 0 Å². The molecule has 0 saturated carbocycles. The summed E-state index contributed by atoms with van der Waals surface area (Å²) in [6, 6.07) is 11.8. The van der Waals surface area contributed by atoms with Crippen LogP contribution in [0.25, 0.3) is 11.1 Å². The summed E-state index contributed by atoms with van der Waals surface area (Å²) < 4.78 is 32.7. The lowest BCUT2D eigenvalue weighted by Crippen LogP contribution is -2.58. The highest BCUT2D eigenvalue weighted by Gasteiger charge is 2.40. The number of ether oxygens (including phenoxy) is 3. The molecule has 4 heterocycles. The van der Waals surface area contributed by atoms with Crippen LogP contribution in [0.2, 0.25) is 10.0 Å². The Labute approximate surface area is 270 Å². The van der Waals surface area contributed by atoms with Gasteiger partial charge < -0.3 is 34.0 Å². The number of benzene rings is 3. The van der Waals surface area contributed by atoms with Crippen LogP contribution in [0.1, 0.15) is 46.0 Å². The number of hydrogen-bond donors (Lipinski definition) is 1. The van der Waals surface area contributed by atoms with Crippen molar-refractivity contribution >= 4 is 46.5 Å². The van der Waals surface area contributed by atoms with Crippen molar-refractivity contribution in [3.05, 3.63) is 75.0 Å². The Kier molecular flexibility index (Phi) is 7.80. The van der Waals surface area contributed by atoms with E-state index in [1.165, 1.54) is 18.1 Å². The zero-order valence-corrected chi connectivity index (χ0v) is 26.3. The first-order valence-corrected chi connectivity index (χ1v) is 15.7. The molecule has 1 amide bonds. The van der Waals surface area contributed by atoms with Gasteiger partial charge in [-0.15, -0.1) is 0 Å². The number of esters is 1. The topological polar surface area (TPSA) is 91.8 Å². The third-order valence-corrected chi connectivity index (χ3v) is 10.0. The number of rotatable bonds is 5. The Hall–Kier alpha value is -3.57. The minimum atomic E-state index is -0.607. The van der Waals surface area contributed by atoms with Crippen molar-refractivity contribution in [1.82, 2.24) is 4.90 Å². The number of aliphatic hydroxyl groups is 1. The predicted octanol–water partition coefficient (Wildman–Crippen LogP) is 5.52. The van der Waals surface area contributed by atoms with Gasteiger partial charge in [-0.3, -0.25) is 4.79 Å². The van der Waals surface area contributed by atoms with Crippen LogP contribution in [0, 0.1) is 5.82 Å². The number of halogens is 3. The lowest BCUT2D eigenvalue weighted by Gasteiger charge is -2.45. The highest BCUT2D eigenvalue weighted by Crippen LogP contribution is 2.44. The molecule has 0 aliphatic carbocycles. The molecule has 4 atom stereocenters. The van der Waals surface area contributed by atoms with Crippen molar-refractivity contribution in [1.29, 1.82) is 0 Å². The van der Waals surface area contributed by atoms with E-state index in [0.29, 0.717) is 42.3 Å². The molecule has 4 aliphatic rings. The van der Waals surface area contributed by atoms with Crippen LogP contribution in [-0.2, 0) is 16.0 Å². The molecule has 4 aliphatic heterocycles. The van der Waals surface area contributed by atoms with E-state index < -0.39 is 23.8 Å². The largest absolute Gasteiger partial charge is 0.472 e. The van der Waals surface area contributed by atoms with Gasteiger partial charge in [-0.25, -0.2) is 9.18 Å². The van der Waals surface area contributed by atoms with Crippen molar-refractivity contribution in [2.24, 2.45) is 0 Å². The van der Waals surface area contributed by atoms with Gasteiger partial charge >= 0.3 is 5.97 Å². The fraction of sp³-hybridized carbons (Fsp3) is 0.394. The molecule has 7 rings (SSSR count). The van der Waals surface area contributed by atoms with E-state index in [0.717, 1.165) is 18.5 Å². The number of para-hydroxylation sites is 1. The maximum Gasteiger partial charge on any atom is 0.340 e. The summed E-state index contributed by atoms with van der Waals surface area (Å²) in [5.74, 6) is -1.13. The van der Waals surface area contributed by atoms with Crippen molar-refractivity contribution in [2.75, 3.05) is 43.4 Å². The maximum atomic E-state index is 15.8. The average molecular weight is 657 g/mol. The second kappa shape index (κ2) is 11.7. The van der Waals surface area contributed by atoms with Gasteiger partial charge in [-0.05, 0) is 44.0 Å². The number of fused-ring (bicyclic) bond motifs is 3. The molecule has 12 heteroatoms. The first kappa shape index (κ1) is 30.1. The van der Waals surface area contributed by atoms with E-state index in [1.807, 2.05) is 17.9 Å². The standard InChI is InChI=1S/C33H32Cl2FN3O6/c1-17-29(40)13-38(17)21-8-25(34)30(26(35)9-21)32(41)37-12-18-4-3-5-22(31(18)45-16-37)23-11-28(24(10-27(23)36)33(42)43-2)39-19-6-7-20(39)15-44-14-19/h3-5,8-11,17,19-20,29,40H,6-7,12-16H2,1-2H3/t17-,19?,20?,29-/m1/s1. The van der Waals surface area contributed by atoms with Gasteiger partial charge in [0, 0.05) is 28.9 Å². The number of aliphatic hydroxyl groups excluding tert-OH is 1. The second-order valence-electron chi connectivity index (χ2n) is 12.0. The van der Waals surface area contributed by atoms with Crippen molar-refractivity contribution in [3.8, 4) is 16.9 Å². The van der Waals surface area contributed by atoms with Gasteiger partial charge in [-0.1, -0.05) is 41.4 Å². The number of β-amino-alcohol motifs (C(OH)–C–C–N with tert-alkyl or cyclic N) is 1. The number of carbonyl (C=O) groups excluding carboxylic acids is 2. The number of amides is 1. The van der Waals surface area contributed by atoms with Crippen LogP contribution >= 0.6 is 23.2 Å². The smallest absolute Gasteiger partial charge is 0.340 e. The number of methoxy groups -OCH3 is 1. The van der Waals surface area contributed by atoms with Crippen LogP contribution in [0.3, 0.4) is 0 Å². The Balaban J connectivity index is 1.20. The number of morpholine rings is 1. The van der Waals surface area contributed by atoms with Crippen LogP contribution in [0.15, 0.2) is 42.5 Å². The van der Waals surface area contributed by atoms with Crippen LogP contribution in [0.4, 0.5) is 15.8 Å². The summed E-state index contributed by atoms with van der Waals surface area (Å²) >= 11 is 13.2. The van der Waals surface area contributed by atoms with Gasteiger partial charge in [-0.2, -0.15) is 0 Å². The van der Waals surface area contributed by atoms with E-state index in [-0.39, 0.29) is 58.1 Å². The molecule has 236 valence electrons. The molecule has 0 spiro atoms. The molecule has 3 fully saturated rings. The quantitative estimate of drug-likeness (QED) is 0.360. The first-order valence-electron chi connectivity index (χ1n) is 14.9. The highest BCUT2D eigenvalue weighted by atomic mass is 35.5. The van der Waals surface area contributed by atoms with Crippen LogP contribution in [-0.4, -0.2) is 79.7 Å². The van der Waals surface area contributed by atoms with Gasteiger partial charge in [0.05, 0.1) is 78.0 Å². The van der Waals surface area contributed by atoms with Gasteiger partial charge in [0.25, 0.3) is 5.91 Å². The lowest BCUT2D eigenvalue weighted by atomic mass is 9.96. The Morgan fingerprint density at radius 2 is 1.76 bits per heavy atom. The summed E-state index contributed by atoms with van der Waals surface area (Å²) in [5.41, 5.74) is 3.15. The molecule has 3 saturated heterocycles. The SMILES string of the molecule is COC(=O)c1cc(F)c(-c2cccc3c2OCN(C(=O)c2c(Cl)cc(N4C[C@@H](O)[C@H]4C)cc2Cl)C3)cc1N1C2CCC1COC2. The van der Waals surface area contributed by atoms with E-state index in [9.17, 15) is 14.7 Å². The number of anilines is 2. The molecule has 45 heavy (non-hydrogen) atoms. The normalized spacial score (nSPS) is 23.7. The molecule has 0 radical (unpaired) electrons. The minimum Gasteiger partial charge on any atom is -0.472 e. The summed E-state index contributed by atoms with van der Waals surface area (Å²) in [4.78, 5) is 32.0.